The van der Waals surface area contributed by atoms with Crippen LogP contribution in [-0.4, -0.2) is 53.0 Å². The van der Waals surface area contributed by atoms with E-state index in [2.05, 4.69) is 22.2 Å². The Morgan fingerprint density at radius 1 is 1.15 bits per heavy atom. The zero-order chi connectivity index (χ0) is 29.0. The highest BCUT2D eigenvalue weighted by Crippen LogP contribution is 2.23. The second-order valence-electron chi connectivity index (χ2n) is 9.42. The quantitative estimate of drug-likeness (QED) is 0.153. The molecule has 0 radical (unpaired) electrons. The monoisotopic (exact) mass is 549 g/mol. The van der Waals surface area contributed by atoms with Crippen LogP contribution in [0.1, 0.15) is 18.9 Å². The zero-order valence-electron chi connectivity index (χ0n) is 23.1. The number of amides is 1. The Morgan fingerprint density at radius 2 is 1.88 bits per heavy atom. The second-order valence-corrected chi connectivity index (χ2v) is 9.42. The van der Waals surface area contributed by atoms with Gasteiger partial charge in [-0.15, -0.1) is 0 Å². The number of hydrogen-bond acceptors (Lipinski definition) is 7. The maximum absolute atomic E-state index is 12.7. The van der Waals surface area contributed by atoms with Gasteiger partial charge in [0.25, 0.3) is 0 Å². The van der Waals surface area contributed by atoms with Crippen molar-refractivity contribution in [2.45, 2.75) is 19.4 Å². The molecule has 1 aliphatic heterocycles. The predicted molar refractivity (Wildman–Crippen MR) is 164 cm³/mol. The van der Waals surface area contributed by atoms with Crippen LogP contribution in [0.5, 0.6) is 11.5 Å². The van der Waals surface area contributed by atoms with E-state index in [1.54, 1.807) is 30.2 Å². The molecule has 1 unspecified atom stereocenters. The van der Waals surface area contributed by atoms with Gasteiger partial charge < -0.3 is 26.0 Å². The normalized spacial score (nSPS) is 15.8. The Labute approximate surface area is 240 Å². The molecule has 1 saturated heterocycles. The number of nitrogens with two attached hydrogens (primary N) is 1. The Kier molecular flexibility index (Phi) is 10.0. The number of para-hydroxylation sites is 1. The van der Waals surface area contributed by atoms with Crippen molar-refractivity contribution in [3.8, 4) is 11.5 Å². The third kappa shape index (κ3) is 8.15. The number of aromatic nitrogens is 1. The highest BCUT2D eigenvalue weighted by Gasteiger charge is 2.26. The minimum Gasteiger partial charge on any atom is -0.457 e. The number of hydrogen-bond donors (Lipinski definition) is 4. The molecule has 0 saturated carbocycles. The van der Waals surface area contributed by atoms with Gasteiger partial charge in [0, 0.05) is 43.2 Å². The van der Waals surface area contributed by atoms with Gasteiger partial charge in [-0.1, -0.05) is 36.9 Å². The molecule has 5 N–H and O–H groups in total. The lowest BCUT2D eigenvalue weighted by atomic mass is 9.99. The van der Waals surface area contributed by atoms with Crippen molar-refractivity contribution in [3.05, 3.63) is 121 Å². The van der Waals surface area contributed by atoms with Crippen molar-refractivity contribution in [1.29, 1.82) is 5.41 Å². The van der Waals surface area contributed by atoms with Gasteiger partial charge in [-0.05, 0) is 68.1 Å². The number of nitrogens with one attached hydrogen (secondary N) is 3. The second kappa shape index (κ2) is 14.3. The summed E-state index contributed by atoms with van der Waals surface area (Å²) in [6.45, 7) is 7.08. The Bertz CT molecular complexity index is 1430. The van der Waals surface area contributed by atoms with Crippen LogP contribution in [0, 0.1) is 5.41 Å². The number of nitrogens with zero attached hydrogens (tertiary/aromatic N) is 3. The van der Waals surface area contributed by atoms with Crippen LogP contribution in [0.2, 0.25) is 0 Å². The van der Waals surface area contributed by atoms with Gasteiger partial charge >= 0.3 is 0 Å². The van der Waals surface area contributed by atoms with Gasteiger partial charge in [0.15, 0.2) is 0 Å². The molecule has 0 aliphatic carbocycles. The van der Waals surface area contributed by atoms with Crippen LogP contribution in [0.15, 0.2) is 120 Å². The summed E-state index contributed by atoms with van der Waals surface area (Å²) in [5.74, 6) is 2.53. The third-order valence-electron chi connectivity index (χ3n) is 6.35. The SMILES string of the molecule is C=CNC(=NC1CCN(C(=O)/C=C/CNc2ccccn2)C1)/C(C(=N)c1ccc(Oc2ccccc2)cc1)=C(\C)N. The average Bonchev–Trinajstić information content (AvgIpc) is 3.45. The number of benzene rings is 2. The van der Waals surface area contributed by atoms with Gasteiger partial charge in [0.05, 0.1) is 17.3 Å². The molecule has 1 aliphatic rings. The topological polar surface area (TPSA) is 129 Å². The van der Waals surface area contributed by atoms with Crippen LogP contribution in [0.3, 0.4) is 0 Å². The maximum atomic E-state index is 12.7. The molecule has 210 valence electrons. The van der Waals surface area contributed by atoms with E-state index in [0.29, 0.717) is 54.5 Å². The Morgan fingerprint density at radius 3 is 2.56 bits per heavy atom. The van der Waals surface area contributed by atoms with Crippen molar-refractivity contribution >= 4 is 23.3 Å². The molecule has 3 aromatic rings. The van der Waals surface area contributed by atoms with Gasteiger partial charge in [-0.3, -0.25) is 15.2 Å². The van der Waals surface area contributed by atoms with Crippen molar-refractivity contribution in [2.24, 2.45) is 10.7 Å². The first-order valence-corrected chi connectivity index (χ1v) is 13.4. The first kappa shape index (κ1) is 28.8. The Balaban J connectivity index is 1.40. The molecule has 0 bridgehead atoms. The number of anilines is 1. The summed E-state index contributed by atoms with van der Waals surface area (Å²) < 4.78 is 5.88. The van der Waals surface area contributed by atoms with E-state index in [1.165, 1.54) is 6.20 Å². The van der Waals surface area contributed by atoms with E-state index in [-0.39, 0.29) is 17.7 Å². The molecule has 41 heavy (non-hydrogen) atoms. The van der Waals surface area contributed by atoms with Crippen LogP contribution in [0.25, 0.3) is 0 Å². The number of rotatable bonds is 11. The molecule has 4 rings (SSSR count). The third-order valence-corrected chi connectivity index (χ3v) is 6.35. The highest BCUT2D eigenvalue weighted by molar-refractivity contribution is 6.29. The molecule has 9 nitrogen and oxygen atoms in total. The molecule has 2 heterocycles. The van der Waals surface area contributed by atoms with E-state index in [4.69, 9.17) is 20.9 Å². The van der Waals surface area contributed by atoms with E-state index >= 15 is 0 Å². The lowest BCUT2D eigenvalue weighted by Gasteiger charge is -2.17. The summed E-state index contributed by atoms with van der Waals surface area (Å²) in [5, 5.41) is 15.2. The summed E-state index contributed by atoms with van der Waals surface area (Å²) in [4.78, 5) is 23.6. The fourth-order valence-electron chi connectivity index (χ4n) is 4.36. The molecule has 0 spiro atoms. The number of pyridine rings is 1. The molecule has 1 amide bonds. The van der Waals surface area contributed by atoms with Crippen molar-refractivity contribution in [1.82, 2.24) is 15.2 Å². The van der Waals surface area contributed by atoms with Gasteiger partial charge in [0.2, 0.25) is 5.91 Å². The standard InChI is InChI=1S/C32H35N7O2/c1-3-35-32(38-25-18-21-39(22-25)29(40)13-9-20-37-28-12-7-8-19-36-28)30(23(2)33)31(34)24-14-16-27(17-15-24)41-26-10-5-4-6-11-26/h3-17,19,25,34H,1,18,20-22,33H2,2H3,(H,35,38)(H,36,37)/b13-9+,30-23+,34-31?. The van der Waals surface area contributed by atoms with Crippen molar-refractivity contribution in [2.75, 3.05) is 25.0 Å². The molecular weight excluding hydrogens is 514 g/mol. The zero-order valence-corrected chi connectivity index (χ0v) is 23.1. The number of amidine groups is 1. The summed E-state index contributed by atoms with van der Waals surface area (Å²) in [7, 11) is 0. The maximum Gasteiger partial charge on any atom is 0.246 e. The van der Waals surface area contributed by atoms with Gasteiger partial charge in [-0.25, -0.2) is 4.98 Å². The number of carbonyl (C=O) groups is 1. The fourth-order valence-corrected chi connectivity index (χ4v) is 4.36. The number of carbonyl (C=O) groups excluding carboxylic acids is 1. The molecule has 1 fully saturated rings. The van der Waals surface area contributed by atoms with E-state index < -0.39 is 0 Å². The van der Waals surface area contributed by atoms with Crippen LogP contribution >= 0.6 is 0 Å². The Hall–Kier alpha value is -5.18. The summed E-state index contributed by atoms with van der Waals surface area (Å²) >= 11 is 0. The van der Waals surface area contributed by atoms with Crippen molar-refractivity contribution in [3.63, 3.8) is 0 Å². The predicted octanol–water partition coefficient (Wildman–Crippen LogP) is 4.88. The average molecular weight is 550 g/mol. The minimum absolute atomic E-state index is 0.0694. The summed E-state index contributed by atoms with van der Waals surface area (Å²) in [6, 6.07) is 22.3. The minimum atomic E-state index is -0.148. The van der Waals surface area contributed by atoms with Crippen LogP contribution in [-0.2, 0) is 4.79 Å². The first-order chi connectivity index (χ1) is 19.9. The van der Waals surface area contributed by atoms with Crippen LogP contribution < -0.4 is 21.1 Å². The number of likely N-dealkylation sites (tertiary alicyclic amines) is 1. The highest BCUT2D eigenvalue weighted by atomic mass is 16.5. The van der Waals surface area contributed by atoms with E-state index in [0.717, 1.165) is 11.6 Å². The van der Waals surface area contributed by atoms with Gasteiger partial charge in [-0.2, -0.15) is 0 Å². The smallest absolute Gasteiger partial charge is 0.246 e. The number of allylic oxidation sites excluding steroid dienone is 1. The largest absolute Gasteiger partial charge is 0.457 e. The van der Waals surface area contributed by atoms with E-state index in [9.17, 15) is 4.79 Å². The molecule has 9 heteroatoms. The molecule has 1 atom stereocenters. The summed E-state index contributed by atoms with van der Waals surface area (Å²) in [6.07, 6.45) is 7.28. The van der Waals surface area contributed by atoms with Gasteiger partial charge in [0.1, 0.15) is 23.2 Å². The van der Waals surface area contributed by atoms with E-state index in [1.807, 2.05) is 72.8 Å². The molecule has 2 aromatic carbocycles. The lowest BCUT2D eigenvalue weighted by molar-refractivity contribution is -0.125. The number of aliphatic imine (C=N–C) groups is 1. The lowest BCUT2D eigenvalue weighted by Crippen LogP contribution is -2.31. The van der Waals surface area contributed by atoms with Crippen molar-refractivity contribution < 1.29 is 9.53 Å². The molecular formula is C32H35N7O2. The van der Waals surface area contributed by atoms with Crippen LogP contribution in [0.4, 0.5) is 5.82 Å². The fraction of sp³-hybridized carbons (Fsp3) is 0.188. The number of ether oxygens (including phenoxy) is 1. The summed E-state index contributed by atoms with van der Waals surface area (Å²) in [5.41, 5.74) is 8.08. The molecule has 1 aromatic heterocycles. The first-order valence-electron chi connectivity index (χ1n) is 13.4.